The summed E-state index contributed by atoms with van der Waals surface area (Å²) in [7, 11) is 0. The number of halogens is 1. The van der Waals surface area contributed by atoms with Gasteiger partial charge in [0.2, 0.25) is 23.6 Å². The summed E-state index contributed by atoms with van der Waals surface area (Å²) in [5.74, 6) is -4.78. The molecule has 64 heavy (non-hydrogen) atoms. The van der Waals surface area contributed by atoms with Crippen LogP contribution >= 0.6 is 0 Å². The lowest BCUT2D eigenvalue weighted by molar-refractivity contribution is -0.144. The Morgan fingerprint density at radius 3 is 2.22 bits per heavy atom. The maximum atomic E-state index is 14.0. The Morgan fingerprint density at radius 2 is 1.56 bits per heavy atom. The highest BCUT2D eigenvalue weighted by molar-refractivity contribution is 5.95. The molecule has 0 radical (unpaired) electrons. The predicted molar refractivity (Wildman–Crippen MR) is 236 cm³/mol. The van der Waals surface area contributed by atoms with Crippen molar-refractivity contribution >= 4 is 35.6 Å². The summed E-state index contributed by atoms with van der Waals surface area (Å²) in [6.07, 6.45) is 8.36. The molecule has 3 rings (SSSR count). The molecule has 2 aromatic heterocycles. The number of aliphatic carboxylic acids is 1. The van der Waals surface area contributed by atoms with E-state index in [2.05, 4.69) is 41.6 Å². The molecule has 0 saturated heterocycles. The highest BCUT2D eigenvalue weighted by atomic mass is 19.1. The highest BCUT2D eigenvalue weighted by Crippen LogP contribution is 2.15. The van der Waals surface area contributed by atoms with Gasteiger partial charge in [-0.25, -0.2) is 9.78 Å². The lowest BCUT2D eigenvalue weighted by Crippen LogP contribution is -2.58. The number of hydrogen-bond acceptors (Lipinski definition) is 12. The first kappa shape index (κ1) is 52.0. The largest absolute Gasteiger partial charge is 0.508 e. The molecular weight excluding hydrogens is 832 g/mol. The smallest absolute Gasteiger partial charge is 0.326 e. The Hall–Kier alpha value is -6.38. The number of rotatable bonds is 31. The Balaban J connectivity index is 1.64. The van der Waals surface area contributed by atoms with Crippen molar-refractivity contribution in [3.05, 3.63) is 66.0 Å². The number of nitrogens with two attached hydrogens (primary N) is 3. The van der Waals surface area contributed by atoms with Gasteiger partial charge in [-0.15, -0.1) is 5.10 Å². The van der Waals surface area contributed by atoms with Gasteiger partial charge in [-0.2, -0.15) is 4.39 Å². The van der Waals surface area contributed by atoms with Gasteiger partial charge in [-0.3, -0.25) is 28.9 Å². The summed E-state index contributed by atoms with van der Waals surface area (Å²) in [5, 5.41) is 38.9. The van der Waals surface area contributed by atoms with Crippen molar-refractivity contribution in [2.24, 2.45) is 28.1 Å². The van der Waals surface area contributed by atoms with Gasteiger partial charge in [-0.05, 0) is 106 Å². The third-order valence-electron chi connectivity index (χ3n) is 10.4. The van der Waals surface area contributed by atoms with Gasteiger partial charge in [-0.1, -0.05) is 37.6 Å². The summed E-state index contributed by atoms with van der Waals surface area (Å²) in [6.45, 7) is 4.79. The molecule has 0 fully saturated rings. The van der Waals surface area contributed by atoms with Crippen molar-refractivity contribution in [1.29, 1.82) is 0 Å². The van der Waals surface area contributed by atoms with E-state index in [1.54, 1.807) is 36.7 Å². The first-order chi connectivity index (χ1) is 30.7. The van der Waals surface area contributed by atoms with E-state index in [4.69, 9.17) is 21.9 Å². The second-order valence-corrected chi connectivity index (χ2v) is 15.6. The summed E-state index contributed by atoms with van der Waals surface area (Å²) < 4.78 is 20.8. The predicted octanol–water partition coefficient (Wildman–Crippen LogP) is 1.59. The topological polar surface area (TPSA) is 317 Å². The van der Waals surface area contributed by atoms with Gasteiger partial charge in [0.05, 0.1) is 12.3 Å². The molecule has 3 aromatic rings. The fraction of sp³-hybridized carbons (Fsp3) is 0.558. The molecule has 1 aromatic carbocycles. The van der Waals surface area contributed by atoms with Crippen LogP contribution in [0.1, 0.15) is 95.7 Å². The lowest BCUT2D eigenvalue weighted by Gasteiger charge is -2.27. The number of unbranched alkanes of at least 4 members (excludes halogenated alkanes) is 3. The molecule has 0 aliphatic rings. The molecule has 0 spiro atoms. The number of aliphatic imine (C=N–C) groups is 1. The van der Waals surface area contributed by atoms with Crippen LogP contribution in [-0.2, 0) is 43.4 Å². The minimum Gasteiger partial charge on any atom is -0.508 e. The second-order valence-electron chi connectivity index (χ2n) is 15.6. The molecule has 4 amide bonds. The third kappa shape index (κ3) is 19.3. The minimum absolute atomic E-state index is 0.0184. The number of carbonyl (C=O) groups is 5. The van der Waals surface area contributed by atoms with E-state index < -0.39 is 65.6 Å². The number of guanidine groups is 1. The van der Waals surface area contributed by atoms with Crippen LogP contribution in [0.15, 0.2) is 53.8 Å². The summed E-state index contributed by atoms with van der Waals surface area (Å²) in [4.78, 5) is 74.3. The highest BCUT2D eigenvalue weighted by Gasteiger charge is 2.32. The summed E-state index contributed by atoms with van der Waals surface area (Å²) in [5.41, 5.74) is 18.1. The van der Waals surface area contributed by atoms with Crippen molar-refractivity contribution in [2.45, 2.75) is 128 Å². The number of nitrogens with one attached hydrogen (secondary N) is 4. The van der Waals surface area contributed by atoms with E-state index in [1.165, 1.54) is 24.4 Å². The maximum absolute atomic E-state index is 14.0. The molecule has 20 nitrogen and oxygen atoms in total. The molecule has 2 heterocycles. The van der Waals surface area contributed by atoms with Gasteiger partial charge in [0.15, 0.2) is 11.7 Å². The first-order valence-corrected chi connectivity index (χ1v) is 21.8. The number of amides is 4. The zero-order chi connectivity index (χ0) is 46.9. The number of benzene rings is 1. The third-order valence-corrected chi connectivity index (χ3v) is 10.4. The maximum Gasteiger partial charge on any atom is 0.326 e. The van der Waals surface area contributed by atoms with E-state index in [1.807, 2.05) is 6.20 Å². The molecule has 352 valence electrons. The number of carboxylic acids is 1. The van der Waals surface area contributed by atoms with Crippen LogP contribution in [-0.4, -0.2) is 110 Å². The van der Waals surface area contributed by atoms with Crippen molar-refractivity contribution in [2.75, 3.05) is 19.7 Å². The molecule has 21 heteroatoms. The first-order valence-electron chi connectivity index (χ1n) is 21.8. The minimum atomic E-state index is -1.22. The molecule has 12 N–H and O–H groups in total. The number of aromatic hydroxyl groups is 1. The Morgan fingerprint density at radius 1 is 0.875 bits per heavy atom. The molecular formula is C43H65FN12O8. The molecule has 0 saturated carbocycles. The van der Waals surface area contributed by atoms with Crippen LogP contribution < -0.4 is 43.2 Å². The number of carbonyl (C=O) groups excluding carboxylic acids is 4. The van der Waals surface area contributed by atoms with Crippen molar-refractivity contribution in [3.63, 3.8) is 0 Å². The molecule has 0 bridgehead atoms. The Labute approximate surface area is 372 Å². The number of phenols is 1. The standard InChI is InChI=1S/C43H65FN12O8/c1-3-28(2)37(42(62)63)53-40(60)33(14-10-23-49-43(46)47)51-39(59)32(13-4-7-21-45)52-41(61)34(26-29-17-19-31(57)20-18-29)50-36(58)16-5-8-24-56-27-30(54-55-56)12-6-9-25-64-35-15-11-22-48-38(35)44/h11,15,17-20,22,27-28,32-34,37,57H,3-10,12-14,16,21,23-26,45H2,1-2H3,(H,50,58)(H,51,59)(H,52,61)(H,53,60)(H,62,63)(H4,46,47,49)/t28-,32-,33-,34-,37-/m0/s1. The number of aromatic nitrogens is 4. The van der Waals surface area contributed by atoms with Crippen molar-refractivity contribution in [3.8, 4) is 11.5 Å². The van der Waals surface area contributed by atoms with Crippen LogP contribution in [0.2, 0.25) is 0 Å². The van der Waals surface area contributed by atoms with E-state index in [9.17, 15) is 38.6 Å². The van der Waals surface area contributed by atoms with Gasteiger partial charge in [0.25, 0.3) is 5.95 Å². The van der Waals surface area contributed by atoms with Crippen LogP contribution in [0, 0.1) is 11.9 Å². The van der Waals surface area contributed by atoms with Crippen LogP contribution in [0.25, 0.3) is 0 Å². The van der Waals surface area contributed by atoms with E-state index in [0.717, 1.165) is 12.1 Å². The summed E-state index contributed by atoms with van der Waals surface area (Å²) in [6, 6.07) is 4.58. The molecule has 0 aliphatic carbocycles. The van der Waals surface area contributed by atoms with Gasteiger partial charge >= 0.3 is 5.97 Å². The normalized spacial score (nSPS) is 13.4. The number of aryl methyl sites for hydroxylation is 2. The van der Waals surface area contributed by atoms with Crippen molar-refractivity contribution < 1.29 is 43.3 Å². The number of pyridine rings is 1. The van der Waals surface area contributed by atoms with Crippen molar-refractivity contribution in [1.82, 2.24) is 41.2 Å². The zero-order valence-electron chi connectivity index (χ0n) is 36.7. The zero-order valence-corrected chi connectivity index (χ0v) is 36.7. The molecule has 0 aliphatic heterocycles. The number of phenolic OH excluding ortho intramolecular Hbond substituents is 1. The van der Waals surface area contributed by atoms with E-state index in [-0.39, 0.29) is 56.1 Å². The quantitative estimate of drug-likeness (QED) is 0.0192. The lowest BCUT2D eigenvalue weighted by atomic mass is 9.98. The van der Waals surface area contributed by atoms with Crippen LogP contribution in [0.4, 0.5) is 4.39 Å². The fourth-order valence-corrected chi connectivity index (χ4v) is 6.55. The second kappa shape index (κ2) is 28.3. The van der Waals surface area contributed by atoms with Crippen LogP contribution in [0.5, 0.6) is 11.5 Å². The number of nitrogens with zero attached hydrogens (tertiary/aromatic N) is 5. The van der Waals surface area contributed by atoms with Crippen LogP contribution in [0.3, 0.4) is 0 Å². The summed E-state index contributed by atoms with van der Waals surface area (Å²) >= 11 is 0. The van der Waals surface area contributed by atoms with E-state index >= 15 is 0 Å². The average molecular weight is 897 g/mol. The Kier molecular flexibility index (Phi) is 23.0. The Bertz CT molecular complexity index is 1950. The number of ether oxygens (including phenoxy) is 1. The number of hydrogen-bond donors (Lipinski definition) is 9. The average Bonchev–Trinajstić information content (AvgIpc) is 3.72. The fourth-order valence-electron chi connectivity index (χ4n) is 6.55. The number of carboxylic acid groups (broad SMARTS) is 1. The van der Waals surface area contributed by atoms with Gasteiger partial charge in [0, 0.05) is 38.3 Å². The SMILES string of the molecule is CC[C@H](C)[C@H](NC(=O)[C@H](CCCN=C(N)N)NC(=O)[C@H](CCCCN)NC(=O)[C@H](Cc1ccc(O)cc1)NC(=O)CCCCn1cc(CCCCOc2cccnc2F)nn1)C(=O)O. The van der Waals surface area contributed by atoms with Gasteiger partial charge in [0.1, 0.15) is 29.9 Å². The molecule has 5 atom stereocenters. The van der Waals surface area contributed by atoms with E-state index in [0.29, 0.717) is 70.2 Å². The molecule has 0 unspecified atom stereocenters. The monoisotopic (exact) mass is 897 g/mol. The van der Waals surface area contributed by atoms with Gasteiger partial charge < -0.3 is 53.4 Å².